The topological polar surface area (TPSA) is 58.6 Å². The summed E-state index contributed by atoms with van der Waals surface area (Å²) in [5.41, 5.74) is 1.00. The van der Waals surface area contributed by atoms with E-state index in [0.29, 0.717) is 6.42 Å². The number of piperazine rings is 1. The number of carbonyl (C=O) groups excluding carboxylic acids is 1. The fourth-order valence-corrected chi connectivity index (χ4v) is 2.41. The second kappa shape index (κ2) is 6.65. The normalized spacial score (nSPS) is 16.2. The van der Waals surface area contributed by atoms with Gasteiger partial charge in [-0.15, -0.1) is 0 Å². The summed E-state index contributed by atoms with van der Waals surface area (Å²) in [5, 5.41) is 0. The molecule has 0 bridgehead atoms. The van der Waals surface area contributed by atoms with Crippen molar-refractivity contribution < 1.29 is 9.53 Å². The monoisotopic (exact) mass is 278 g/mol. The standard InChI is InChI=1S/C14H22N4O2/c1-11-10-13(16-12(2)15-11)18-8-6-17(7-9-18)5-4-14(19)20-3/h10H,4-9H2,1-3H3. The number of anilines is 1. The Morgan fingerprint density at radius 3 is 2.55 bits per heavy atom. The molecule has 0 radical (unpaired) electrons. The molecule has 6 heteroatoms. The van der Waals surface area contributed by atoms with E-state index in [-0.39, 0.29) is 5.97 Å². The number of aromatic nitrogens is 2. The van der Waals surface area contributed by atoms with Gasteiger partial charge in [0.05, 0.1) is 13.5 Å². The van der Waals surface area contributed by atoms with Crippen LogP contribution < -0.4 is 4.90 Å². The van der Waals surface area contributed by atoms with E-state index in [2.05, 4.69) is 24.5 Å². The molecule has 110 valence electrons. The Morgan fingerprint density at radius 2 is 1.95 bits per heavy atom. The molecule has 0 atom stereocenters. The second-order valence-corrected chi connectivity index (χ2v) is 5.07. The zero-order valence-corrected chi connectivity index (χ0v) is 12.4. The van der Waals surface area contributed by atoms with Crippen LogP contribution in [0, 0.1) is 13.8 Å². The third-order valence-electron chi connectivity index (χ3n) is 3.51. The predicted octanol–water partition coefficient (Wildman–Crippen LogP) is 0.779. The molecule has 1 aliphatic heterocycles. The van der Waals surface area contributed by atoms with Crippen molar-refractivity contribution >= 4 is 11.8 Å². The summed E-state index contributed by atoms with van der Waals surface area (Å²) in [6.07, 6.45) is 0.461. The third kappa shape index (κ3) is 3.90. The molecular formula is C14H22N4O2. The van der Waals surface area contributed by atoms with Crippen molar-refractivity contribution in [3.63, 3.8) is 0 Å². The molecule has 0 saturated carbocycles. The summed E-state index contributed by atoms with van der Waals surface area (Å²) in [5.74, 6) is 1.67. The van der Waals surface area contributed by atoms with E-state index >= 15 is 0 Å². The van der Waals surface area contributed by atoms with Gasteiger partial charge in [-0.25, -0.2) is 9.97 Å². The van der Waals surface area contributed by atoms with Crippen molar-refractivity contribution in [2.75, 3.05) is 44.7 Å². The van der Waals surface area contributed by atoms with Gasteiger partial charge in [0.25, 0.3) is 0 Å². The third-order valence-corrected chi connectivity index (χ3v) is 3.51. The highest BCUT2D eigenvalue weighted by atomic mass is 16.5. The lowest BCUT2D eigenvalue weighted by Gasteiger charge is -2.35. The number of esters is 1. The molecule has 0 aliphatic carbocycles. The van der Waals surface area contributed by atoms with E-state index in [1.807, 2.05) is 19.9 Å². The lowest BCUT2D eigenvalue weighted by molar-refractivity contribution is -0.141. The number of hydrogen-bond acceptors (Lipinski definition) is 6. The summed E-state index contributed by atoms with van der Waals surface area (Å²) >= 11 is 0. The first kappa shape index (κ1) is 14.7. The van der Waals surface area contributed by atoms with E-state index in [0.717, 1.165) is 50.1 Å². The van der Waals surface area contributed by atoms with E-state index in [1.165, 1.54) is 7.11 Å². The largest absolute Gasteiger partial charge is 0.469 e. The van der Waals surface area contributed by atoms with E-state index < -0.39 is 0 Å². The summed E-state index contributed by atoms with van der Waals surface area (Å²) in [4.78, 5) is 24.5. The summed E-state index contributed by atoms with van der Waals surface area (Å²) < 4.78 is 4.67. The molecule has 1 saturated heterocycles. The molecule has 1 aromatic rings. The smallest absolute Gasteiger partial charge is 0.306 e. The maximum atomic E-state index is 11.1. The molecule has 2 heterocycles. The molecule has 0 amide bonds. The number of carbonyl (C=O) groups is 1. The Labute approximate surface area is 119 Å². The van der Waals surface area contributed by atoms with Crippen LogP contribution in [0.3, 0.4) is 0 Å². The average Bonchev–Trinajstić information content (AvgIpc) is 2.44. The van der Waals surface area contributed by atoms with Gasteiger partial charge in [0.1, 0.15) is 11.6 Å². The molecule has 1 fully saturated rings. The lowest BCUT2D eigenvalue weighted by atomic mass is 10.2. The minimum atomic E-state index is -0.144. The fourth-order valence-electron chi connectivity index (χ4n) is 2.41. The number of nitrogens with zero attached hydrogens (tertiary/aromatic N) is 4. The van der Waals surface area contributed by atoms with Gasteiger partial charge < -0.3 is 9.64 Å². The molecule has 20 heavy (non-hydrogen) atoms. The quantitative estimate of drug-likeness (QED) is 0.759. The van der Waals surface area contributed by atoms with Crippen LogP contribution in [0.4, 0.5) is 5.82 Å². The zero-order valence-electron chi connectivity index (χ0n) is 12.4. The Bertz CT molecular complexity index is 450. The van der Waals surface area contributed by atoms with Crippen molar-refractivity contribution in [2.45, 2.75) is 20.3 Å². The van der Waals surface area contributed by atoms with Crippen LogP contribution in [0.2, 0.25) is 0 Å². The number of methoxy groups -OCH3 is 1. The Balaban J connectivity index is 1.86. The van der Waals surface area contributed by atoms with Crippen LogP contribution in [0.1, 0.15) is 17.9 Å². The highest BCUT2D eigenvalue weighted by Crippen LogP contribution is 2.15. The molecule has 0 unspecified atom stereocenters. The first-order valence-corrected chi connectivity index (χ1v) is 6.95. The van der Waals surface area contributed by atoms with E-state index in [1.54, 1.807) is 0 Å². The fraction of sp³-hybridized carbons (Fsp3) is 0.643. The Kier molecular flexibility index (Phi) is 4.89. The average molecular weight is 278 g/mol. The van der Waals surface area contributed by atoms with Crippen molar-refractivity contribution in [3.8, 4) is 0 Å². The molecule has 0 aromatic carbocycles. The highest BCUT2D eigenvalue weighted by Gasteiger charge is 2.19. The van der Waals surface area contributed by atoms with Crippen molar-refractivity contribution in [1.29, 1.82) is 0 Å². The van der Waals surface area contributed by atoms with Crippen LogP contribution in [0.25, 0.3) is 0 Å². The van der Waals surface area contributed by atoms with Gasteiger partial charge in [-0.2, -0.15) is 0 Å². The van der Waals surface area contributed by atoms with Crippen LogP contribution in [0.15, 0.2) is 6.07 Å². The molecule has 2 rings (SSSR count). The maximum Gasteiger partial charge on any atom is 0.306 e. The number of hydrogen-bond donors (Lipinski definition) is 0. The molecular weight excluding hydrogens is 256 g/mol. The lowest BCUT2D eigenvalue weighted by Crippen LogP contribution is -2.47. The van der Waals surface area contributed by atoms with Gasteiger partial charge in [0.2, 0.25) is 0 Å². The summed E-state index contributed by atoms with van der Waals surface area (Å²) in [7, 11) is 1.43. The van der Waals surface area contributed by atoms with Gasteiger partial charge in [0, 0.05) is 44.5 Å². The molecule has 1 aromatic heterocycles. The summed E-state index contributed by atoms with van der Waals surface area (Å²) in [6, 6.07) is 2.02. The van der Waals surface area contributed by atoms with Crippen LogP contribution in [0.5, 0.6) is 0 Å². The number of ether oxygens (including phenoxy) is 1. The predicted molar refractivity (Wildman–Crippen MR) is 76.8 cm³/mol. The Hall–Kier alpha value is -1.69. The van der Waals surface area contributed by atoms with Crippen LogP contribution >= 0.6 is 0 Å². The summed E-state index contributed by atoms with van der Waals surface area (Å²) in [6.45, 7) is 8.42. The molecule has 6 nitrogen and oxygen atoms in total. The SMILES string of the molecule is COC(=O)CCN1CCN(c2cc(C)nc(C)n2)CC1. The maximum absolute atomic E-state index is 11.1. The van der Waals surface area contributed by atoms with Crippen molar-refractivity contribution in [2.24, 2.45) is 0 Å². The van der Waals surface area contributed by atoms with Crippen molar-refractivity contribution in [1.82, 2.24) is 14.9 Å². The molecule has 0 spiro atoms. The first-order chi connectivity index (χ1) is 9.58. The number of aryl methyl sites for hydroxylation is 2. The van der Waals surface area contributed by atoms with Crippen molar-refractivity contribution in [3.05, 3.63) is 17.6 Å². The van der Waals surface area contributed by atoms with E-state index in [9.17, 15) is 4.79 Å². The van der Waals surface area contributed by atoms with Crippen LogP contribution in [-0.2, 0) is 9.53 Å². The number of rotatable bonds is 4. The van der Waals surface area contributed by atoms with Gasteiger partial charge in [0.15, 0.2) is 0 Å². The van der Waals surface area contributed by atoms with Crippen LogP contribution in [-0.4, -0.2) is 60.7 Å². The minimum Gasteiger partial charge on any atom is -0.469 e. The van der Waals surface area contributed by atoms with Gasteiger partial charge >= 0.3 is 5.97 Å². The minimum absolute atomic E-state index is 0.144. The van der Waals surface area contributed by atoms with Gasteiger partial charge in [-0.3, -0.25) is 9.69 Å². The van der Waals surface area contributed by atoms with Gasteiger partial charge in [-0.1, -0.05) is 0 Å². The first-order valence-electron chi connectivity index (χ1n) is 6.95. The molecule has 0 N–H and O–H groups in total. The van der Waals surface area contributed by atoms with Gasteiger partial charge in [-0.05, 0) is 13.8 Å². The molecule has 1 aliphatic rings. The Morgan fingerprint density at radius 1 is 1.25 bits per heavy atom. The second-order valence-electron chi connectivity index (χ2n) is 5.07. The highest BCUT2D eigenvalue weighted by molar-refractivity contribution is 5.69. The zero-order chi connectivity index (χ0) is 14.5. The van der Waals surface area contributed by atoms with E-state index in [4.69, 9.17) is 0 Å².